The van der Waals surface area contributed by atoms with E-state index in [-0.39, 0.29) is 11.8 Å². The van der Waals surface area contributed by atoms with Crippen LogP contribution in [0.5, 0.6) is 5.88 Å². The number of fused-ring (bicyclic) bond motifs is 1. The quantitative estimate of drug-likeness (QED) is 0.720. The second kappa shape index (κ2) is 7.56. The van der Waals surface area contributed by atoms with E-state index in [1.165, 1.54) is 0 Å². The lowest BCUT2D eigenvalue weighted by molar-refractivity contribution is -0.125. The van der Waals surface area contributed by atoms with Crippen LogP contribution in [0.15, 0.2) is 36.8 Å². The van der Waals surface area contributed by atoms with Crippen LogP contribution in [0, 0.1) is 5.92 Å². The van der Waals surface area contributed by atoms with E-state index in [0.717, 1.165) is 43.0 Å². The van der Waals surface area contributed by atoms with Crippen molar-refractivity contribution in [3.05, 3.63) is 42.4 Å². The molecule has 0 aromatic carbocycles. The average molecular weight is 367 g/mol. The van der Waals surface area contributed by atoms with Crippen LogP contribution < -0.4 is 15.0 Å². The highest BCUT2D eigenvalue weighted by molar-refractivity contribution is 5.79. The highest BCUT2D eigenvalue weighted by Gasteiger charge is 2.25. The lowest BCUT2D eigenvalue weighted by Gasteiger charge is -2.32. The maximum atomic E-state index is 12.5. The molecule has 0 bridgehead atoms. The third-order valence-electron chi connectivity index (χ3n) is 4.81. The van der Waals surface area contributed by atoms with E-state index in [2.05, 4.69) is 30.5 Å². The van der Waals surface area contributed by atoms with Gasteiger partial charge >= 0.3 is 0 Å². The molecule has 9 heteroatoms. The molecular formula is C18H21N7O2. The molecule has 0 aliphatic carbocycles. The number of carbonyl (C=O) groups is 1. The number of pyridine rings is 1. The smallest absolute Gasteiger partial charge is 0.223 e. The number of nitrogens with zero attached hydrogens (tertiary/aromatic N) is 6. The van der Waals surface area contributed by atoms with Gasteiger partial charge in [-0.05, 0) is 30.5 Å². The van der Waals surface area contributed by atoms with Gasteiger partial charge in [-0.2, -0.15) is 4.52 Å². The summed E-state index contributed by atoms with van der Waals surface area (Å²) in [6, 6.07) is 7.54. The number of methoxy groups -OCH3 is 1. The number of nitrogens with one attached hydrogen (secondary N) is 1. The lowest BCUT2D eigenvalue weighted by Crippen LogP contribution is -2.40. The van der Waals surface area contributed by atoms with Gasteiger partial charge in [0.1, 0.15) is 12.1 Å². The van der Waals surface area contributed by atoms with Crippen molar-refractivity contribution in [2.24, 2.45) is 5.92 Å². The Hall–Kier alpha value is -3.23. The Balaban J connectivity index is 1.29. The second-order valence-corrected chi connectivity index (χ2v) is 6.51. The third-order valence-corrected chi connectivity index (χ3v) is 4.81. The fraction of sp³-hybridized carbons (Fsp3) is 0.389. The monoisotopic (exact) mass is 367 g/mol. The molecule has 0 spiro atoms. The molecule has 1 fully saturated rings. The molecule has 0 radical (unpaired) electrons. The molecule has 1 aliphatic rings. The van der Waals surface area contributed by atoms with Gasteiger partial charge in [0.05, 0.1) is 7.11 Å². The third kappa shape index (κ3) is 3.81. The molecule has 1 amide bonds. The van der Waals surface area contributed by atoms with Crippen molar-refractivity contribution in [3.63, 3.8) is 0 Å². The van der Waals surface area contributed by atoms with Gasteiger partial charge in [-0.15, -0.1) is 15.3 Å². The predicted molar refractivity (Wildman–Crippen MR) is 98.4 cm³/mol. The summed E-state index contributed by atoms with van der Waals surface area (Å²) in [6.45, 7) is 2.06. The lowest BCUT2D eigenvalue weighted by atomic mass is 9.96. The van der Waals surface area contributed by atoms with Gasteiger partial charge in [0.15, 0.2) is 5.65 Å². The van der Waals surface area contributed by atoms with Crippen LogP contribution >= 0.6 is 0 Å². The van der Waals surface area contributed by atoms with Crippen molar-refractivity contribution in [2.75, 3.05) is 25.1 Å². The first kappa shape index (κ1) is 17.2. The second-order valence-electron chi connectivity index (χ2n) is 6.51. The molecule has 1 N–H and O–H groups in total. The summed E-state index contributed by atoms with van der Waals surface area (Å²) in [7, 11) is 1.58. The summed E-state index contributed by atoms with van der Waals surface area (Å²) in [5.41, 5.74) is 1.68. The number of anilines is 1. The minimum Gasteiger partial charge on any atom is -0.481 e. The Bertz CT molecular complexity index is 917. The van der Waals surface area contributed by atoms with Crippen LogP contribution in [0.1, 0.15) is 18.4 Å². The molecular weight excluding hydrogens is 346 g/mol. The molecule has 0 unspecified atom stereocenters. The summed E-state index contributed by atoms with van der Waals surface area (Å²) < 4.78 is 6.70. The SMILES string of the molecule is COc1ccc(CNC(=O)C2CCN(c3ccc4nncn4n3)CC2)cn1. The molecule has 3 aromatic heterocycles. The van der Waals surface area contributed by atoms with Crippen LogP contribution in [0.4, 0.5) is 5.82 Å². The van der Waals surface area contributed by atoms with Crippen LogP contribution in [-0.2, 0) is 11.3 Å². The molecule has 3 aromatic rings. The zero-order valence-electron chi connectivity index (χ0n) is 15.1. The van der Waals surface area contributed by atoms with E-state index in [4.69, 9.17) is 4.74 Å². The van der Waals surface area contributed by atoms with Crippen molar-refractivity contribution < 1.29 is 9.53 Å². The highest BCUT2D eigenvalue weighted by atomic mass is 16.5. The topological polar surface area (TPSA) is 97.5 Å². The number of piperidine rings is 1. The van der Waals surface area contributed by atoms with E-state index < -0.39 is 0 Å². The average Bonchev–Trinajstić information content (AvgIpc) is 3.20. The Morgan fingerprint density at radius 3 is 2.85 bits per heavy atom. The maximum Gasteiger partial charge on any atom is 0.223 e. The molecule has 27 heavy (non-hydrogen) atoms. The van der Waals surface area contributed by atoms with Gasteiger partial charge in [0, 0.05) is 37.8 Å². The predicted octanol–water partition coefficient (Wildman–Crippen LogP) is 1.06. The summed E-state index contributed by atoms with van der Waals surface area (Å²) in [6.07, 6.45) is 4.91. The van der Waals surface area contributed by atoms with Gasteiger partial charge in [0.25, 0.3) is 0 Å². The van der Waals surface area contributed by atoms with Gasteiger partial charge in [-0.3, -0.25) is 4.79 Å². The van der Waals surface area contributed by atoms with Gasteiger partial charge in [0.2, 0.25) is 11.8 Å². The minimum absolute atomic E-state index is 0.0195. The first-order valence-corrected chi connectivity index (χ1v) is 8.91. The molecule has 140 valence electrons. The zero-order valence-corrected chi connectivity index (χ0v) is 15.1. The zero-order chi connectivity index (χ0) is 18.6. The molecule has 0 atom stereocenters. The maximum absolute atomic E-state index is 12.5. The van der Waals surface area contributed by atoms with E-state index in [9.17, 15) is 4.79 Å². The van der Waals surface area contributed by atoms with Crippen LogP contribution in [-0.4, -0.2) is 50.9 Å². The van der Waals surface area contributed by atoms with E-state index >= 15 is 0 Å². The van der Waals surface area contributed by atoms with Gasteiger partial charge in [-0.25, -0.2) is 4.98 Å². The van der Waals surface area contributed by atoms with Crippen molar-refractivity contribution in [1.82, 2.24) is 30.1 Å². The number of aromatic nitrogens is 5. The molecule has 1 aliphatic heterocycles. The number of ether oxygens (including phenoxy) is 1. The molecule has 0 saturated carbocycles. The largest absolute Gasteiger partial charge is 0.481 e. The molecule has 4 rings (SSSR count). The summed E-state index contributed by atoms with van der Waals surface area (Å²) in [5, 5.41) is 15.3. The first-order chi connectivity index (χ1) is 13.2. The van der Waals surface area contributed by atoms with E-state index in [1.54, 1.807) is 30.2 Å². The van der Waals surface area contributed by atoms with E-state index in [1.807, 2.05) is 18.2 Å². The van der Waals surface area contributed by atoms with Crippen molar-refractivity contribution in [2.45, 2.75) is 19.4 Å². The van der Waals surface area contributed by atoms with Crippen molar-refractivity contribution in [1.29, 1.82) is 0 Å². The van der Waals surface area contributed by atoms with Crippen molar-refractivity contribution >= 4 is 17.4 Å². The number of rotatable bonds is 5. The Morgan fingerprint density at radius 2 is 2.11 bits per heavy atom. The number of hydrogen-bond donors (Lipinski definition) is 1. The van der Waals surface area contributed by atoms with Crippen molar-refractivity contribution in [3.8, 4) is 5.88 Å². The Morgan fingerprint density at radius 1 is 1.26 bits per heavy atom. The normalized spacial score (nSPS) is 15.1. The summed E-state index contributed by atoms with van der Waals surface area (Å²) in [5.74, 6) is 1.56. The first-order valence-electron chi connectivity index (χ1n) is 8.91. The van der Waals surface area contributed by atoms with Crippen LogP contribution in [0.25, 0.3) is 5.65 Å². The standard InChI is InChI=1S/C18H21N7O2/c1-27-17-5-2-13(10-19-17)11-20-18(26)14-6-8-24(9-7-14)16-4-3-15-22-21-12-25(15)23-16/h2-5,10,12,14H,6-9,11H2,1H3,(H,20,26). The number of hydrogen-bond acceptors (Lipinski definition) is 7. The summed E-state index contributed by atoms with van der Waals surface area (Å²) >= 11 is 0. The van der Waals surface area contributed by atoms with Crippen LogP contribution in [0.3, 0.4) is 0 Å². The van der Waals surface area contributed by atoms with Crippen LogP contribution in [0.2, 0.25) is 0 Å². The number of carbonyl (C=O) groups excluding carboxylic acids is 1. The number of amides is 1. The molecule has 1 saturated heterocycles. The van der Waals surface area contributed by atoms with E-state index in [0.29, 0.717) is 12.4 Å². The van der Waals surface area contributed by atoms with Gasteiger partial charge < -0.3 is 15.0 Å². The molecule has 4 heterocycles. The fourth-order valence-corrected chi connectivity index (χ4v) is 3.23. The fourth-order valence-electron chi connectivity index (χ4n) is 3.23. The highest BCUT2D eigenvalue weighted by Crippen LogP contribution is 2.22. The molecule has 9 nitrogen and oxygen atoms in total. The minimum atomic E-state index is 0.0195. The Kier molecular flexibility index (Phi) is 4.82. The summed E-state index contributed by atoms with van der Waals surface area (Å²) in [4.78, 5) is 18.8. The van der Waals surface area contributed by atoms with Gasteiger partial charge in [-0.1, -0.05) is 6.07 Å². The Labute approximate surface area is 156 Å².